The summed E-state index contributed by atoms with van der Waals surface area (Å²) in [5.74, 6) is 0.737. The Morgan fingerprint density at radius 2 is 1.79 bits per heavy atom. The predicted molar refractivity (Wildman–Crippen MR) is 85.6 cm³/mol. The van der Waals surface area contributed by atoms with Crippen LogP contribution in [-0.4, -0.2) is 24.0 Å². The van der Waals surface area contributed by atoms with Crippen molar-refractivity contribution in [3.05, 3.63) is 29.8 Å². The van der Waals surface area contributed by atoms with E-state index in [1.165, 1.54) is 17.7 Å². The molecule has 1 atom stereocenters. The summed E-state index contributed by atoms with van der Waals surface area (Å²) in [5, 5.41) is 3.60. The van der Waals surface area contributed by atoms with Crippen LogP contribution in [0.15, 0.2) is 24.3 Å². The Hall–Kier alpha value is -1.02. The second-order valence-electron chi connectivity index (χ2n) is 5.84. The number of hydrogen-bond acceptors (Lipinski definition) is 2. The van der Waals surface area contributed by atoms with E-state index in [9.17, 15) is 0 Å². The van der Waals surface area contributed by atoms with Crippen LogP contribution in [0.2, 0.25) is 0 Å². The highest BCUT2D eigenvalue weighted by Crippen LogP contribution is 2.16. The summed E-state index contributed by atoms with van der Waals surface area (Å²) < 4.78 is 0. The van der Waals surface area contributed by atoms with Gasteiger partial charge in [-0.15, -0.1) is 0 Å². The third-order valence-electron chi connectivity index (χ3n) is 3.47. The number of nitrogens with one attached hydrogen (secondary N) is 1. The van der Waals surface area contributed by atoms with E-state index in [-0.39, 0.29) is 0 Å². The Kier molecular flexibility index (Phi) is 6.93. The minimum Gasteiger partial charge on any atom is -0.383 e. The van der Waals surface area contributed by atoms with Gasteiger partial charge in [-0.05, 0) is 50.0 Å². The number of nitrogens with zero attached hydrogens (tertiary/aromatic N) is 1. The van der Waals surface area contributed by atoms with Gasteiger partial charge in [0, 0.05) is 18.3 Å². The molecule has 1 unspecified atom stereocenters. The van der Waals surface area contributed by atoms with Crippen LogP contribution in [0.5, 0.6) is 0 Å². The lowest BCUT2D eigenvalue weighted by atomic mass is 10.0. The third-order valence-corrected chi connectivity index (χ3v) is 3.47. The van der Waals surface area contributed by atoms with Gasteiger partial charge in [0.15, 0.2) is 0 Å². The van der Waals surface area contributed by atoms with Crippen molar-refractivity contribution in [2.24, 2.45) is 5.92 Å². The molecule has 1 aromatic rings. The summed E-state index contributed by atoms with van der Waals surface area (Å²) in [6.07, 6.45) is 1.21. The summed E-state index contributed by atoms with van der Waals surface area (Å²) in [6, 6.07) is 9.36. The molecule has 0 aliphatic heterocycles. The first-order valence-electron chi connectivity index (χ1n) is 7.63. The van der Waals surface area contributed by atoms with Crippen LogP contribution >= 0.6 is 0 Å². The second-order valence-corrected chi connectivity index (χ2v) is 5.84. The van der Waals surface area contributed by atoms with E-state index in [1.807, 2.05) is 0 Å². The van der Waals surface area contributed by atoms with Crippen molar-refractivity contribution in [1.29, 1.82) is 0 Å². The molecule has 0 fully saturated rings. The highest BCUT2D eigenvalue weighted by Gasteiger charge is 2.06. The van der Waals surface area contributed by atoms with E-state index in [0.717, 1.165) is 25.6 Å². The highest BCUT2D eigenvalue weighted by molar-refractivity contribution is 5.46. The van der Waals surface area contributed by atoms with Gasteiger partial charge >= 0.3 is 0 Å². The van der Waals surface area contributed by atoms with E-state index in [2.05, 4.69) is 69.1 Å². The SMILES string of the molecule is CCN(CC)Cc1cccc(NC(C)CC(C)C)c1. The maximum atomic E-state index is 3.60. The molecule has 2 heteroatoms. The molecule has 19 heavy (non-hydrogen) atoms. The third kappa shape index (κ3) is 6.11. The molecule has 1 rings (SSSR count). The Morgan fingerprint density at radius 1 is 1.11 bits per heavy atom. The van der Waals surface area contributed by atoms with Crippen molar-refractivity contribution < 1.29 is 0 Å². The average molecular weight is 262 g/mol. The molecule has 1 N–H and O–H groups in total. The molecule has 1 aromatic carbocycles. The summed E-state index contributed by atoms with van der Waals surface area (Å²) in [5.41, 5.74) is 2.64. The minimum absolute atomic E-state index is 0.531. The lowest BCUT2D eigenvalue weighted by molar-refractivity contribution is 0.296. The molecule has 0 saturated heterocycles. The molecule has 0 aliphatic carbocycles. The van der Waals surface area contributed by atoms with Gasteiger partial charge in [0.1, 0.15) is 0 Å². The first-order valence-corrected chi connectivity index (χ1v) is 7.63. The quantitative estimate of drug-likeness (QED) is 0.748. The fourth-order valence-corrected chi connectivity index (χ4v) is 2.52. The molecule has 0 bridgehead atoms. The van der Waals surface area contributed by atoms with Gasteiger partial charge in [-0.1, -0.05) is 39.8 Å². The molecule has 0 radical (unpaired) electrons. The average Bonchev–Trinajstić information content (AvgIpc) is 2.35. The van der Waals surface area contributed by atoms with Crippen molar-refractivity contribution in [3.8, 4) is 0 Å². The monoisotopic (exact) mass is 262 g/mol. The lowest BCUT2D eigenvalue weighted by Crippen LogP contribution is -2.22. The summed E-state index contributed by atoms with van der Waals surface area (Å²) in [7, 11) is 0. The normalized spacial score (nSPS) is 13.0. The zero-order chi connectivity index (χ0) is 14.3. The maximum Gasteiger partial charge on any atom is 0.0345 e. The van der Waals surface area contributed by atoms with Crippen molar-refractivity contribution in [3.63, 3.8) is 0 Å². The predicted octanol–water partition coefficient (Wildman–Crippen LogP) is 4.37. The van der Waals surface area contributed by atoms with Crippen molar-refractivity contribution in [2.75, 3.05) is 18.4 Å². The number of benzene rings is 1. The molecule has 0 spiro atoms. The fraction of sp³-hybridized carbons (Fsp3) is 0.647. The molecule has 0 aromatic heterocycles. The van der Waals surface area contributed by atoms with Crippen LogP contribution in [0.1, 0.15) is 46.6 Å². The summed E-state index contributed by atoms with van der Waals surface area (Å²) in [4.78, 5) is 2.44. The topological polar surface area (TPSA) is 15.3 Å². The van der Waals surface area contributed by atoms with Crippen molar-refractivity contribution in [1.82, 2.24) is 4.90 Å². The minimum atomic E-state index is 0.531. The van der Waals surface area contributed by atoms with Gasteiger partial charge < -0.3 is 5.32 Å². The number of hydrogen-bond donors (Lipinski definition) is 1. The van der Waals surface area contributed by atoms with E-state index >= 15 is 0 Å². The molecule has 0 aliphatic rings. The Balaban J connectivity index is 2.61. The van der Waals surface area contributed by atoms with Gasteiger partial charge in [0.25, 0.3) is 0 Å². The standard InChI is InChI=1S/C17H30N2/c1-6-19(7-2)13-16-9-8-10-17(12-16)18-15(5)11-14(3)4/h8-10,12,14-15,18H,6-7,11,13H2,1-5H3. The first kappa shape index (κ1) is 16.0. The van der Waals surface area contributed by atoms with E-state index in [0.29, 0.717) is 6.04 Å². The number of rotatable bonds is 8. The molecular weight excluding hydrogens is 232 g/mol. The fourth-order valence-electron chi connectivity index (χ4n) is 2.52. The van der Waals surface area contributed by atoms with Crippen LogP contribution in [-0.2, 0) is 6.54 Å². The molecular formula is C17H30N2. The Labute approximate surface area is 119 Å². The summed E-state index contributed by atoms with van der Waals surface area (Å²) in [6.45, 7) is 14.5. The smallest absolute Gasteiger partial charge is 0.0345 e. The van der Waals surface area contributed by atoms with E-state index < -0.39 is 0 Å². The second kappa shape index (κ2) is 8.21. The molecule has 0 amide bonds. The van der Waals surface area contributed by atoms with Crippen LogP contribution < -0.4 is 5.32 Å². The zero-order valence-electron chi connectivity index (χ0n) is 13.2. The van der Waals surface area contributed by atoms with Crippen LogP contribution in [0.4, 0.5) is 5.69 Å². The van der Waals surface area contributed by atoms with Crippen LogP contribution in [0, 0.1) is 5.92 Å². The van der Waals surface area contributed by atoms with E-state index in [4.69, 9.17) is 0 Å². The highest BCUT2D eigenvalue weighted by atomic mass is 15.1. The molecule has 0 saturated carbocycles. The Morgan fingerprint density at radius 3 is 2.37 bits per heavy atom. The molecule has 2 nitrogen and oxygen atoms in total. The van der Waals surface area contributed by atoms with E-state index in [1.54, 1.807) is 0 Å². The molecule has 0 heterocycles. The van der Waals surface area contributed by atoms with Gasteiger partial charge in [0.05, 0.1) is 0 Å². The Bertz CT molecular complexity index is 356. The molecule has 108 valence electrons. The van der Waals surface area contributed by atoms with Gasteiger partial charge in [0.2, 0.25) is 0 Å². The van der Waals surface area contributed by atoms with Crippen molar-refractivity contribution >= 4 is 5.69 Å². The lowest BCUT2D eigenvalue weighted by Gasteiger charge is -2.20. The van der Waals surface area contributed by atoms with Gasteiger partial charge in [-0.25, -0.2) is 0 Å². The van der Waals surface area contributed by atoms with Gasteiger partial charge in [-0.2, -0.15) is 0 Å². The first-order chi connectivity index (χ1) is 9.05. The van der Waals surface area contributed by atoms with Crippen molar-refractivity contribution in [2.45, 2.75) is 53.6 Å². The zero-order valence-corrected chi connectivity index (χ0v) is 13.2. The maximum absolute atomic E-state index is 3.60. The van der Waals surface area contributed by atoms with Crippen LogP contribution in [0.3, 0.4) is 0 Å². The largest absolute Gasteiger partial charge is 0.383 e. The number of anilines is 1. The van der Waals surface area contributed by atoms with Crippen LogP contribution in [0.25, 0.3) is 0 Å². The van der Waals surface area contributed by atoms with Gasteiger partial charge in [-0.3, -0.25) is 4.90 Å². The summed E-state index contributed by atoms with van der Waals surface area (Å²) >= 11 is 0.